The lowest BCUT2D eigenvalue weighted by Crippen LogP contribution is -2.28. The summed E-state index contributed by atoms with van der Waals surface area (Å²) in [5.74, 6) is 0. The predicted octanol–water partition coefficient (Wildman–Crippen LogP) is 1.38. The molecule has 7 heteroatoms. The third kappa shape index (κ3) is 4.09. The lowest BCUT2D eigenvalue weighted by Gasteiger charge is -2.05. The number of hydrogen-bond donors (Lipinski definition) is 2. The molecular formula is C6H8F3N3S. The topological polar surface area (TPSA) is 50.9 Å². The molecule has 0 amide bonds. The molecule has 74 valence electrons. The second kappa shape index (κ2) is 3.93. The second-order valence-electron chi connectivity index (χ2n) is 2.40. The fourth-order valence-electron chi connectivity index (χ4n) is 0.736. The average Bonchev–Trinajstić information content (AvgIpc) is 2.33. The molecule has 1 aromatic rings. The van der Waals surface area contributed by atoms with Crippen LogP contribution < -0.4 is 11.1 Å². The molecule has 0 fully saturated rings. The maximum absolute atomic E-state index is 11.7. The fourth-order valence-corrected chi connectivity index (χ4v) is 1.30. The van der Waals surface area contributed by atoms with Crippen LogP contribution in [0.1, 0.15) is 5.69 Å². The highest BCUT2D eigenvalue weighted by Gasteiger charge is 2.26. The van der Waals surface area contributed by atoms with Gasteiger partial charge in [-0.15, -0.1) is 11.3 Å². The Hall–Kier alpha value is -0.820. The molecule has 1 aromatic heterocycles. The van der Waals surface area contributed by atoms with E-state index in [4.69, 9.17) is 5.73 Å². The van der Waals surface area contributed by atoms with Gasteiger partial charge in [-0.1, -0.05) is 0 Å². The number of alkyl halides is 3. The number of nitrogen functional groups attached to an aromatic ring is 1. The zero-order valence-corrected chi connectivity index (χ0v) is 7.37. The van der Waals surface area contributed by atoms with Crippen molar-refractivity contribution in [3.63, 3.8) is 0 Å². The number of halogens is 3. The molecule has 1 rings (SSSR count). The van der Waals surface area contributed by atoms with E-state index in [1.165, 1.54) is 11.3 Å². The van der Waals surface area contributed by atoms with Crippen molar-refractivity contribution in [1.29, 1.82) is 0 Å². The van der Waals surface area contributed by atoms with Crippen LogP contribution in [0.2, 0.25) is 0 Å². The number of thiazole rings is 1. The van der Waals surface area contributed by atoms with Crippen molar-refractivity contribution in [2.75, 3.05) is 12.3 Å². The average molecular weight is 211 g/mol. The van der Waals surface area contributed by atoms with Gasteiger partial charge in [-0.3, -0.25) is 0 Å². The van der Waals surface area contributed by atoms with Crippen molar-refractivity contribution < 1.29 is 13.2 Å². The largest absolute Gasteiger partial charge is 0.401 e. The monoisotopic (exact) mass is 211 g/mol. The highest BCUT2D eigenvalue weighted by atomic mass is 32.1. The normalized spacial score (nSPS) is 11.9. The van der Waals surface area contributed by atoms with E-state index in [1.807, 2.05) is 0 Å². The standard InChI is InChI=1S/C6H8F3N3S/c7-6(8,9)3-11-1-4-2-13-5(10)12-4/h2,11H,1,3H2,(H2,10,12). The van der Waals surface area contributed by atoms with Crippen LogP contribution in [-0.2, 0) is 6.54 Å². The summed E-state index contributed by atoms with van der Waals surface area (Å²) in [5, 5.41) is 4.21. The van der Waals surface area contributed by atoms with Gasteiger partial charge in [0.25, 0.3) is 0 Å². The molecule has 0 aliphatic rings. The van der Waals surface area contributed by atoms with Crippen molar-refractivity contribution in [3.05, 3.63) is 11.1 Å². The van der Waals surface area contributed by atoms with E-state index in [1.54, 1.807) is 5.38 Å². The molecular weight excluding hydrogens is 203 g/mol. The first-order valence-corrected chi connectivity index (χ1v) is 4.33. The summed E-state index contributed by atoms with van der Waals surface area (Å²) in [7, 11) is 0. The molecule has 0 atom stereocenters. The number of rotatable bonds is 3. The SMILES string of the molecule is Nc1nc(CNCC(F)(F)F)cs1. The van der Waals surface area contributed by atoms with Crippen molar-refractivity contribution in [3.8, 4) is 0 Å². The number of aromatic nitrogens is 1. The van der Waals surface area contributed by atoms with Gasteiger partial charge < -0.3 is 11.1 Å². The maximum atomic E-state index is 11.7. The Balaban J connectivity index is 2.28. The Morgan fingerprint density at radius 1 is 1.54 bits per heavy atom. The minimum absolute atomic E-state index is 0.0905. The summed E-state index contributed by atoms with van der Waals surface area (Å²) < 4.78 is 35.0. The van der Waals surface area contributed by atoms with Gasteiger partial charge in [0.1, 0.15) is 0 Å². The van der Waals surface area contributed by atoms with Gasteiger partial charge in [0.05, 0.1) is 12.2 Å². The van der Waals surface area contributed by atoms with Crippen molar-refractivity contribution in [2.24, 2.45) is 0 Å². The van der Waals surface area contributed by atoms with Crippen LogP contribution in [0.3, 0.4) is 0 Å². The van der Waals surface area contributed by atoms with Gasteiger partial charge in [-0.2, -0.15) is 13.2 Å². The van der Waals surface area contributed by atoms with E-state index in [0.29, 0.717) is 10.8 Å². The van der Waals surface area contributed by atoms with Crippen LogP contribution in [0, 0.1) is 0 Å². The quantitative estimate of drug-likeness (QED) is 0.794. The van der Waals surface area contributed by atoms with Crippen LogP contribution in [-0.4, -0.2) is 17.7 Å². The number of anilines is 1. The lowest BCUT2D eigenvalue weighted by atomic mass is 10.5. The first-order valence-electron chi connectivity index (χ1n) is 3.45. The third-order valence-electron chi connectivity index (χ3n) is 1.20. The second-order valence-corrected chi connectivity index (χ2v) is 3.29. The van der Waals surface area contributed by atoms with E-state index in [9.17, 15) is 13.2 Å². The number of hydrogen-bond acceptors (Lipinski definition) is 4. The molecule has 3 N–H and O–H groups in total. The first kappa shape index (κ1) is 10.3. The Morgan fingerprint density at radius 2 is 2.23 bits per heavy atom. The smallest absolute Gasteiger partial charge is 0.375 e. The zero-order valence-electron chi connectivity index (χ0n) is 6.56. The Morgan fingerprint density at radius 3 is 2.69 bits per heavy atom. The van der Waals surface area contributed by atoms with Crippen LogP contribution in [0.5, 0.6) is 0 Å². The van der Waals surface area contributed by atoms with Gasteiger partial charge in [0.15, 0.2) is 5.13 Å². The summed E-state index contributed by atoms with van der Waals surface area (Å²) in [5.41, 5.74) is 5.83. The molecule has 0 saturated carbocycles. The molecule has 0 saturated heterocycles. The molecule has 0 aromatic carbocycles. The molecule has 0 aliphatic heterocycles. The predicted molar refractivity (Wildman–Crippen MR) is 44.3 cm³/mol. The molecule has 13 heavy (non-hydrogen) atoms. The van der Waals surface area contributed by atoms with Crippen LogP contribution in [0.25, 0.3) is 0 Å². The number of nitrogens with two attached hydrogens (primary N) is 1. The number of nitrogens with zero attached hydrogens (tertiary/aromatic N) is 1. The summed E-state index contributed by atoms with van der Waals surface area (Å²) in [4.78, 5) is 3.80. The molecule has 0 aliphatic carbocycles. The van der Waals surface area contributed by atoms with Crippen LogP contribution >= 0.6 is 11.3 Å². The Labute approximate surface area is 76.8 Å². The van der Waals surface area contributed by atoms with Gasteiger partial charge in [-0.25, -0.2) is 4.98 Å². The highest BCUT2D eigenvalue weighted by molar-refractivity contribution is 7.13. The Bertz CT molecular complexity index is 270. The van der Waals surface area contributed by atoms with Crippen molar-refractivity contribution in [2.45, 2.75) is 12.7 Å². The zero-order chi connectivity index (χ0) is 9.90. The third-order valence-corrected chi connectivity index (χ3v) is 1.92. The van der Waals surface area contributed by atoms with Gasteiger partial charge >= 0.3 is 6.18 Å². The van der Waals surface area contributed by atoms with Gasteiger partial charge in [-0.05, 0) is 0 Å². The van der Waals surface area contributed by atoms with E-state index in [-0.39, 0.29) is 6.54 Å². The van der Waals surface area contributed by atoms with E-state index >= 15 is 0 Å². The first-order chi connectivity index (χ1) is 5.97. The highest BCUT2D eigenvalue weighted by Crippen LogP contribution is 2.14. The van der Waals surface area contributed by atoms with E-state index in [0.717, 1.165) is 0 Å². The molecule has 3 nitrogen and oxygen atoms in total. The summed E-state index contributed by atoms with van der Waals surface area (Å²) in [6.07, 6.45) is -4.18. The maximum Gasteiger partial charge on any atom is 0.401 e. The summed E-state index contributed by atoms with van der Waals surface area (Å²) >= 11 is 1.21. The Kier molecular flexibility index (Phi) is 3.10. The molecule has 0 bridgehead atoms. The summed E-state index contributed by atoms with van der Waals surface area (Å²) in [6, 6.07) is 0. The molecule has 0 spiro atoms. The van der Waals surface area contributed by atoms with Crippen molar-refractivity contribution in [1.82, 2.24) is 10.3 Å². The van der Waals surface area contributed by atoms with Crippen molar-refractivity contribution >= 4 is 16.5 Å². The molecule has 0 radical (unpaired) electrons. The fraction of sp³-hybridized carbons (Fsp3) is 0.500. The molecule has 1 heterocycles. The lowest BCUT2D eigenvalue weighted by molar-refractivity contribution is -0.125. The van der Waals surface area contributed by atoms with E-state index in [2.05, 4.69) is 10.3 Å². The minimum atomic E-state index is -4.18. The van der Waals surface area contributed by atoms with E-state index < -0.39 is 12.7 Å². The summed E-state index contributed by atoms with van der Waals surface area (Å²) in [6.45, 7) is -0.919. The van der Waals surface area contributed by atoms with Gasteiger partial charge in [0.2, 0.25) is 0 Å². The van der Waals surface area contributed by atoms with Crippen LogP contribution in [0.4, 0.5) is 18.3 Å². The van der Waals surface area contributed by atoms with Crippen LogP contribution in [0.15, 0.2) is 5.38 Å². The molecule has 0 unspecified atom stereocenters. The number of nitrogens with one attached hydrogen (secondary N) is 1. The van der Waals surface area contributed by atoms with Gasteiger partial charge in [0, 0.05) is 11.9 Å². The minimum Gasteiger partial charge on any atom is -0.375 e.